The van der Waals surface area contributed by atoms with Crippen molar-refractivity contribution in [2.24, 2.45) is 0 Å². The Bertz CT molecular complexity index is 1040. The van der Waals surface area contributed by atoms with E-state index in [4.69, 9.17) is 0 Å². The van der Waals surface area contributed by atoms with Gasteiger partial charge < -0.3 is 10.2 Å². The number of rotatable bonds is 4. The van der Waals surface area contributed by atoms with E-state index in [9.17, 15) is 9.59 Å². The van der Waals surface area contributed by atoms with Gasteiger partial charge in [-0.3, -0.25) is 9.59 Å². The molecule has 1 aliphatic heterocycles. The van der Waals surface area contributed by atoms with Gasteiger partial charge in [0.15, 0.2) is 0 Å². The molecule has 1 saturated heterocycles. The van der Waals surface area contributed by atoms with Crippen molar-refractivity contribution in [3.8, 4) is 5.69 Å². The van der Waals surface area contributed by atoms with Gasteiger partial charge in [-0.15, -0.1) is 0 Å². The Morgan fingerprint density at radius 3 is 2.38 bits per heavy atom. The van der Waals surface area contributed by atoms with Crippen molar-refractivity contribution in [2.75, 3.05) is 16.8 Å². The van der Waals surface area contributed by atoms with E-state index in [1.165, 1.54) is 0 Å². The van der Waals surface area contributed by atoms with Gasteiger partial charge in [-0.2, -0.15) is 5.10 Å². The summed E-state index contributed by atoms with van der Waals surface area (Å²) in [4.78, 5) is 26.7. The zero-order chi connectivity index (χ0) is 20.4. The third-order valence-electron chi connectivity index (χ3n) is 5.30. The maximum atomic E-state index is 12.8. The van der Waals surface area contributed by atoms with Gasteiger partial charge in [0.2, 0.25) is 5.91 Å². The van der Waals surface area contributed by atoms with Crippen LogP contribution in [-0.2, 0) is 4.79 Å². The molecule has 0 radical (unpaired) electrons. The summed E-state index contributed by atoms with van der Waals surface area (Å²) in [5.74, 6) is -0.0478. The van der Waals surface area contributed by atoms with Crippen LogP contribution in [0.2, 0.25) is 0 Å². The number of aromatic nitrogens is 2. The van der Waals surface area contributed by atoms with E-state index in [2.05, 4.69) is 10.4 Å². The first kappa shape index (κ1) is 18.9. The molecule has 1 aromatic heterocycles. The second kappa shape index (κ2) is 7.91. The van der Waals surface area contributed by atoms with Crippen LogP contribution in [0.3, 0.4) is 0 Å². The van der Waals surface area contributed by atoms with E-state index in [1.807, 2.05) is 61.0 Å². The Kier molecular flexibility index (Phi) is 5.16. The zero-order valence-corrected chi connectivity index (χ0v) is 16.7. The molecule has 1 N–H and O–H groups in total. The first-order chi connectivity index (χ1) is 14.0. The molecule has 148 valence electrons. The van der Waals surface area contributed by atoms with E-state index in [-0.39, 0.29) is 11.8 Å². The molecule has 6 nitrogen and oxygen atoms in total. The van der Waals surface area contributed by atoms with Crippen LogP contribution in [0.15, 0.2) is 54.6 Å². The fourth-order valence-electron chi connectivity index (χ4n) is 3.70. The summed E-state index contributed by atoms with van der Waals surface area (Å²) in [7, 11) is 0. The van der Waals surface area contributed by atoms with Gasteiger partial charge in [-0.25, -0.2) is 4.68 Å². The van der Waals surface area contributed by atoms with Crippen LogP contribution < -0.4 is 10.2 Å². The van der Waals surface area contributed by atoms with E-state index in [0.717, 1.165) is 42.1 Å². The molecule has 0 bridgehead atoms. The van der Waals surface area contributed by atoms with Crippen LogP contribution in [-0.4, -0.2) is 28.1 Å². The van der Waals surface area contributed by atoms with E-state index in [0.29, 0.717) is 17.7 Å². The number of anilines is 2. The molecule has 1 aliphatic rings. The number of nitrogens with one attached hydrogen (secondary N) is 1. The smallest absolute Gasteiger partial charge is 0.255 e. The second-order valence-electron chi connectivity index (χ2n) is 7.30. The highest BCUT2D eigenvalue weighted by Crippen LogP contribution is 2.25. The average molecular weight is 388 g/mol. The molecule has 0 saturated carbocycles. The molecule has 0 aliphatic carbocycles. The lowest BCUT2D eigenvalue weighted by atomic mass is 10.1. The van der Waals surface area contributed by atoms with Gasteiger partial charge in [-0.1, -0.05) is 18.2 Å². The molecule has 0 unspecified atom stereocenters. The Balaban J connectivity index is 1.53. The van der Waals surface area contributed by atoms with E-state index >= 15 is 0 Å². The van der Waals surface area contributed by atoms with Crippen LogP contribution in [0.1, 0.15) is 41.0 Å². The van der Waals surface area contributed by atoms with Crippen molar-refractivity contribution in [3.63, 3.8) is 0 Å². The third kappa shape index (κ3) is 3.78. The van der Waals surface area contributed by atoms with Crippen molar-refractivity contribution >= 4 is 23.2 Å². The van der Waals surface area contributed by atoms with E-state index < -0.39 is 0 Å². The lowest BCUT2D eigenvalue weighted by Gasteiger charge is -2.26. The van der Waals surface area contributed by atoms with Crippen LogP contribution in [0, 0.1) is 13.8 Å². The number of piperidine rings is 1. The Hall–Kier alpha value is -3.41. The minimum Gasteiger partial charge on any atom is -0.319 e. The number of amides is 2. The fourth-order valence-corrected chi connectivity index (χ4v) is 3.70. The summed E-state index contributed by atoms with van der Waals surface area (Å²) in [5.41, 5.74) is 4.69. The molecule has 2 heterocycles. The van der Waals surface area contributed by atoms with Crippen molar-refractivity contribution in [3.05, 3.63) is 71.5 Å². The molecule has 29 heavy (non-hydrogen) atoms. The van der Waals surface area contributed by atoms with Gasteiger partial charge in [0.25, 0.3) is 5.91 Å². The quantitative estimate of drug-likeness (QED) is 0.726. The predicted octanol–water partition coefficient (Wildman–Crippen LogP) is 4.26. The number of para-hydroxylation sites is 1. The Morgan fingerprint density at radius 2 is 1.69 bits per heavy atom. The summed E-state index contributed by atoms with van der Waals surface area (Å²) < 4.78 is 1.83. The van der Waals surface area contributed by atoms with Crippen LogP contribution in [0.5, 0.6) is 0 Å². The predicted molar refractivity (Wildman–Crippen MR) is 114 cm³/mol. The maximum absolute atomic E-state index is 12.8. The van der Waals surface area contributed by atoms with Crippen molar-refractivity contribution in [1.29, 1.82) is 0 Å². The first-order valence-corrected chi connectivity index (χ1v) is 9.88. The van der Waals surface area contributed by atoms with Crippen molar-refractivity contribution in [1.82, 2.24) is 9.78 Å². The van der Waals surface area contributed by atoms with Crippen molar-refractivity contribution in [2.45, 2.75) is 33.1 Å². The number of benzene rings is 2. The Morgan fingerprint density at radius 1 is 0.966 bits per heavy atom. The Labute approximate surface area is 170 Å². The van der Waals surface area contributed by atoms with Crippen LogP contribution >= 0.6 is 0 Å². The molecule has 0 spiro atoms. The minimum atomic E-state index is -0.194. The summed E-state index contributed by atoms with van der Waals surface area (Å²) in [6.07, 6.45) is 2.55. The number of hydrogen-bond acceptors (Lipinski definition) is 3. The highest BCUT2D eigenvalue weighted by atomic mass is 16.2. The number of nitrogens with zero attached hydrogens (tertiary/aromatic N) is 3. The number of carbonyl (C=O) groups excluding carboxylic acids is 2. The minimum absolute atomic E-state index is 0.146. The molecule has 0 atom stereocenters. The van der Waals surface area contributed by atoms with E-state index in [1.54, 1.807) is 17.0 Å². The molecule has 4 rings (SSSR count). The number of aryl methyl sites for hydroxylation is 1. The lowest BCUT2D eigenvalue weighted by molar-refractivity contribution is -0.119. The fraction of sp³-hybridized carbons (Fsp3) is 0.261. The monoisotopic (exact) mass is 388 g/mol. The van der Waals surface area contributed by atoms with Crippen molar-refractivity contribution < 1.29 is 9.59 Å². The summed E-state index contributed by atoms with van der Waals surface area (Å²) in [6.45, 7) is 4.56. The molecule has 2 aromatic carbocycles. The van der Waals surface area contributed by atoms with Gasteiger partial charge in [0, 0.05) is 24.2 Å². The van der Waals surface area contributed by atoms with Crippen LogP contribution in [0.25, 0.3) is 5.69 Å². The normalized spacial score (nSPS) is 14.1. The van der Waals surface area contributed by atoms with Gasteiger partial charge in [-0.05, 0) is 63.1 Å². The molecule has 6 heteroatoms. The first-order valence-electron chi connectivity index (χ1n) is 9.88. The topological polar surface area (TPSA) is 67.2 Å². The number of hydrogen-bond donors (Lipinski definition) is 1. The van der Waals surface area contributed by atoms with Gasteiger partial charge >= 0.3 is 0 Å². The number of carbonyl (C=O) groups is 2. The molecular formula is C23H24N4O2. The average Bonchev–Trinajstić information content (AvgIpc) is 3.03. The summed E-state index contributed by atoms with van der Waals surface area (Å²) in [5, 5.41) is 7.56. The summed E-state index contributed by atoms with van der Waals surface area (Å²) >= 11 is 0. The molecular weight excluding hydrogens is 364 g/mol. The van der Waals surface area contributed by atoms with Gasteiger partial charge in [0.1, 0.15) is 0 Å². The zero-order valence-electron chi connectivity index (χ0n) is 16.7. The SMILES string of the molecule is Cc1nn(-c2ccccc2)c(C)c1NC(=O)c1ccc(N2CCCCC2=O)cc1. The molecule has 1 fully saturated rings. The maximum Gasteiger partial charge on any atom is 0.255 e. The van der Waals surface area contributed by atoms with Gasteiger partial charge in [0.05, 0.1) is 22.8 Å². The third-order valence-corrected chi connectivity index (χ3v) is 5.30. The molecule has 3 aromatic rings. The van der Waals surface area contributed by atoms with Crippen LogP contribution in [0.4, 0.5) is 11.4 Å². The highest BCUT2D eigenvalue weighted by Gasteiger charge is 2.20. The largest absolute Gasteiger partial charge is 0.319 e. The highest BCUT2D eigenvalue weighted by molar-refractivity contribution is 6.05. The lowest BCUT2D eigenvalue weighted by Crippen LogP contribution is -2.35. The molecule has 2 amide bonds. The standard InChI is InChI=1S/C23H24N4O2/c1-16-22(17(2)27(25-16)20-8-4-3-5-9-20)24-23(29)18-11-13-19(14-12-18)26-15-7-6-10-21(26)28/h3-5,8-9,11-14H,6-7,10,15H2,1-2H3,(H,24,29). The summed E-state index contributed by atoms with van der Waals surface area (Å²) in [6, 6.07) is 17.0. The second-order valence-corrected chi connectivity index (χ2v) is 7.30.